The van der Waals surface area contributed by atoms with Gasteiger partial charge in [0.15, 0.2) is 12.6 Å². The first-order valence-electron chi connectivity index (χ1n) is 55.6. The number of aliphatic hydroxyl groups is 1. The number of aliphatic hydroxyl groups excluding tert-OH is 1. The summed E-state index contributed by atoms with van der Waals surface area (Å²) >= 11 is 0. The van der Waals surface area contributed by atoms with E-state index in [2.05, 4.69) is 69.2 Å². The molecule has 8 aromatic rings. The molecule has 11 unspecified atom stereocenters. The molecule has 0 amide bonds. The zero-order chi connectivity index (χ0) is 102. The monoisotopic (exact) mass is 2000 g/mol. The van der Waals surface area contributed by atoms with Crippen molar-refractivity contribution in [3.8, 4) is 0 Å². The van der Waals surface area contributed by atoms with E-state index in [0.717, 1.165) is 76.6 Å². The minimum absolute atomic E-state index is 0.0306. The van der Waals surface area contributed by atoms with Crippen molar-refractivity contribution in [2.24, 2.45) is 41.4 Å². The van der Waals surface area contributed by atoms with Gasteiger partial charge in [0, 0.05) is 25.6 Å². The van der Waals surface area contributed by atoms with Gasteiger partial charge in [-0.1, -0.05) is 472 Å². The molecular weight excluding hydrogens is 1820 g/mol. The number of ether oxygens (including phenoxy) is 14. The van der Waals surface area contributed by atoms with E-state index in [1.165, 1.54) is 148 Å². The molecule has 4 aliphatic rings. The average Bonchev–Trinajstić information content (AvgIpc) is 0.749. The van der Waals surface area contributed by atoms with Crippen molar-refractivity contribution in [3.63, 3.8) is 0 Å². The second kappa shape index (κ2) is 67.1. The van der Waals surface area contributed by atoms with Crippen LogP contribution in [-0.4, -0.2) is 142 Å². The molecule has 0 bridgehead atoms. The van der Waals surface area contributed by atoms with E-state index in [1.807, 2.05) is 243 Å². The molecular formula is C124H179O19P. The van der Waals surface area contributed by atoms with Gasteiger partial charge in [0.2, 0.25) is 0 Å². The van der Waals surface area contributed by atoms with Gasteiger partial charge in [-0.3, -0.25) is 9.36 Å². The van der Waals surface area contributed by atoms with Gasteiger partial charge in [0.25, 0.3) is 0 Å². The molecule has 1 N–H and O–H groups in total. The fourth-order valence-corrected chi connectivity index (χ4v) is 21.9. The Bertz CT molecular complexity index is 4630. The molecule has 2 saturated heterocycles. The van der Waals surface area contributed by atoms with Crippen molar-refractivity contribution in [2.75, 3.05) is 33.1 Å². The van der Waals surface area contributed by atoms with E-state index >= 15 is 0 Å². The lowest BCUT2D eigenvalue weighted by atomic mass is 9.66. The Balaban J connectivity index is 0.000000281. The molecule has 8 aromatic carbocycles. The van der Waals surface area contributed by atoms with Crippen molar-refractivity contribution < 1.29 is 89.8 Å². The van der Waals surface area contributed by atoms with Crippen molar-refractivity contribution in [1.82, 2.24) is 0 Å². The number of rotatable bonds is 67. The lowest BCUT2D eigenvalue weighted by Crippen LogP contribution is -2.69. The first-order valence-corrected chi connectivity index (χ1v) is 57.6. The normalized spacial score (nSPS) is 26.1. The molecule has 20 heteroatoms. The molecule has 794 valence electrons. The molecule has 0 aromatic heterocycles. The number of hydrogen-bond donors (Lipinski definition) is 1. The second-order valence-electron chi connectivity index (χ2n) is 41.4. The summed E-state index contributed by atoms with van der Waals surface area (Å²) in [7, 11) is -3.58. The van der Waals surface area contributed by atoms with Crippen LogP contribution in [-0.2, 0) is 138 Å². The van der Waals surface area contributed by atoms with Crippen molar-refractivity contribution in [3.05, 3.63) is 287 Å². The Labute approximate surface area is 866 Å². The van der Waals surface area contributed by atoms with Gasteiger partial charge in [0.05, 0.1) is 84.4 Å². The van der Waals surface area contributed by atoms with E-state index in [9.17, 15) is 14.5 Å². The third kappa shape index (κ3) is 40.6. The van der Waals surface area contributed by atoms with Gasteiger partial charge in [-0.2, -0.15) is 0 Å². The molecule has 0 radical (unpaired) electrons. The highest BCUT2D eigenvalue weighted by molar-refractivity contribution is 7.53. The predicted molar refractivity (Wildman–Crippen MR) is 574 cm³/mol. The maximum absolute atomic E-state index is 14.3. The van der Waals surface area contributed by atoms with Crippen molar-refractivity contribution >= 4 is 13.6 Å². The zero-order valence-corrected chi connectivity index (χ0v) is 90.0. The first kappa shape index (κ1) is 117. The molecule has 4 fully saturated rings. The molecule has 0 spiro atoms. The third-order valence-electron chi connectivity index (χ3n) is 30.3. The van der Waals surface area contributed by atoms with Crippen LogP contribution in [0, 0.1) is 41.4 Å². The highest BCUT2D eigenvalue weighted by Crippen LogP contribution is 2.53. The summed E-state index contributed by atoms with van der Waals surface area (Å²) in [5.41, 5.74) is 7.60. The SMILES string of the molecule is CCCCCCCCCCCCCCCCO[C@H](COC(=O)CCCCCCCCCCCCCCC)COP(C)(=O)O[C@@H]1C(O[C@H]2OC(CC)[C@@H](C)[C@H](C)C2C)C(C)[C@@H](C)[C@H](C)C1C.O[C@@H]1C(O[C@H]2OC(COCc3ccccc3)[C@@H](OCc3ccccc3)[C@@H](OCc3ccccc3)C2OCc2ccccc2)C(OCc2ccccc2)[C@@H](OCc2ccccc2)[C@@H](OCc2ccccc2)C1OCc1ccccc1. The Morgan fingerprint density at radius 1 is 0.312 bits per heavy atom. The Hall–Kier alpha value is -7.18. The van der Waals surface area contributed by atoms with Crippen molar-refractivity contribution in [1.29, 1.82) is 0 Å². The summed E-state index contributed by atoms with van der Waals surface area (Å²) < 4.78 is 123. The topological polar surface area (TPSA) is 202 Å². The van der Waals surface area contributed by atoms with Crippen LogP contribution in [0.4, 0.5) is 0 Å². The standard InChI is InChI=1S/C68H70O11.C56H109O8P/c69-59-61(72-43-52-29-13-3-14-30-52)64(74-45-54-33-17-5-18-34-54)66(76-47-56-37-21-7-22-38-56)65(75-46-55-35-19-6-20-36-55)62(59)79-68-67(77-48-57-39-23-8-24-40-57)63(73-44-53-31-15-4-16-32-53)60(71-42-51-27-11-2-12-28-51)58(78-68)49-70-41-50-25-9-1-10-26-50;1-12-15-17-19-21-23-25-27-29-31-33-35-37-39-41-59-51(42-60-53(57)40-38-36-34-32-30-28-26-24-22-20-18-16-13-2)43-61-65(11,58)64-55-49(9)45(5)44(4)48(8)54(55)63-56-50(10)46(6)47(7)52(14-3)62-56/h1-40,58-69H,41-49H2;44-52,54-56H,12-43H2,1-11H3/t58?,59-,60+,61?,62?,63+,64-,65?,66-,67?,68+;44-,45-,46-,47-,48?,49?,50?,51+,52?,54?,55-,56+,65?/m00/s1. The van der Waals surface area contributed by atoms with Crippen LogP contribution in [0.5, 0.6) is 0 Å². The van der Waals surface area contributed by atoms with Gasteiger partial charge in [-0.15, -0.1) is 0 Å². The van der Waals surface area contributed by atoms with E-state index in [4.69, 9.17) is 75.4 Å². The van der Waals surface area contributed by atoms with Crippen LogP contribution < -0.4 is 0 Å². The van der Waals surface area contributed by atoms with Gasteiger partial charge < -0.3 is 80.5 Å². The summed E-state index contributed by atoms with van der Waals surface area (Å²) in [6.45, 7) is 26.6. The number of carbonyl (C=O) groups excluding carboxylic acids is 1. The van der Waals surface area contributed by atoms with Crippen LogP contribution >= 0.6 is 7.60 Å². The largest absolute Gasteiger partial charge is 0.463 e. The molecule has 19 nitrogen and oxygen atoms in total. The van der Waals surface area contributed by atoms with E-state index in [0.29, 0.717) is 43.3 Å². The van der Waals surface area contributed by atoms with Gasteiger partial charge in [-0.05, 0) is 99.3 Å². The molecule has 24 atom stereocenters. The minimum Gasteiger partial charge on any atom is -0.463 e. The fourth-order valence-electron chi connectivity index (χ4n) is 20.6. The molecule has 2 aliphatic heterocycles. The summed E-state index contributed by atoms with van der Waals surface area (Å²) in [4.78, 5) is 12.9. The molecule has 2 aliphatic carbocycles. The maximum Gasteiger partial charge on any atom is 0.328 e. The lowest BCUT2D eigenvalue weighted by Gasteiger charge is -2.51. The van der Waals surface area contributed by atoms with Crippen LogP contribution in [0.15, 0.2) is 243 Å². The van der Waals surface area contributed by atoms with E-state index in [1.54, 1.807) is 6.66 Å². The second-order valence-corrected chi connectivity index (χ2v) is 43.4. The van der Waals surface area contributed by atoms with Crippen LogP contribution in [0.3, 0.4) is 0 Å². The predicted octanol–water partition coefficient (Wildman–Crippen LogP) is 28.9. The van der Waals surface area contributed by atoms with Crippen LogP contribution in [0.25, 0.3) is 0 Å². The highest BCUT2D eigenvalue weighted by atomic mass is 31.2. The van der Waals surface area contributed by atoms with Crippen LogP contribution in [0.1, 0.15) is 300 Å². The summed E-state index contributed by atoms with van der Waals surface area (Å²) in [6, 6.07) is 79.8. The lowest BCUT2D eigenvalue weighted by molar-refractivity contribution is -0.363. The molecule has 2 heterocycles. The quantitative estimate of drug-likeness (QED) is 0.0214. The Morgan fingerprint density at radius 2 is 0.618 bits per heavy atom. The van der Waals surface area contributed by atoms with Gasteiger partial charge >= 0.3 is 13.6 Å². The third-order valence-corrected chi connectivity index (χ3v) is 31.6. The van der Waals surface area contributed by atoms with Gasteiger partial charge in [-0.25, -0.2) is 0 Å². The number of carbonyl (C=O) groups is 1. The number of hydrogen-bond acceptors (Lipinski definition) is 19. The molecule has 144 heavy (non-hydrogen) atoms. The first-order chi connectivity index (χ1) is 70.4. The Kier molecular flexibility index (Phi) is 54.6. The minimum atomic E-state index is -3.58. The van der Waals surface area contributed by atoms with Gasteiger partial charge in [0.1, 0.15) is 73.8 Å². The average molecular weight is 2000 g/mol. The molecule has 2 saturated carbocycles. The number of unbranched alkanes of at least 4 members (excludes halogenated alkanes) is 25. The maximum atomic E-state index is 14.3. The van der Waals surface area contributed by atoms with E-state index in [-0.39, 0.29) is 108 Å². The summed E-state index contributed by atoms with van der Waals surface area (Å²) in [6.07, 6.45) is 23.8. The molecule has 12 rings (SSSR count). The Morgan fingerprint density at radius 3 is 1.01 bits per heavy atom. The summed E-state index contributed by atoms with van der Waals surface area (Å²) in [5, 5.41) is 13.3. The fraction of sp³-hybridized carbons (Fsp3) is 0.605. The van der Waals surface area contributed by atoms with E-state index < -0.39 is 87.1 Å². The smallest absolute Gasteiger partial charge is 0.328 e. The zero-order valence-electron chi connectivity index (χ0n) is 89.1. The van der Waals surface area contributed by atoms with Crippen LogP contribution in [0.2, 0.25) is 0 Å². The number of benzene rings is 8. The van der Waals surface area contributed by atoms with Crippen molar-refractivity contribution in [2.45, 2.75) is 406 Å². The summed E-state index contributed by atoms with van der Waals surface area (Å²) in [5.74, 6) is 1.94. The number of esters is 1. The highest BCUT2D eigenvalue weighted by Gasteiger charge is 2.58.